The van der Waals surface area contributed by atoms with E-state index >= 15 is 0 Å². The molecule has 0 spiro atoms. The second-order valence-electron chi connectivity index (χ2n) is 9.94. The smallest absolute Gasteiger partial charge is 0.318 e. The van der Waals surface area contributed by atoms with Gasteiger partial charge in [0.1, 0.15) is 6.23 Å². The third-order valence-electron chi connectivity index (χ3n) is 7.97. The molecule has 3 aliphatic heterocycles. The number of urea groups is 1. The highest BCUT2D eigenvalue weighted by Gasteiger charge is 2.51. The summed E-state index contributed by atoms with van der Waals surface area (Å²) in [6.07, 6.45) is 12.7. The molecular weight excluding hydrogens is 402 g/mol. The number of nitrogens with one attached hydrogen (secondary N) is 1. The van der Waals surface area contributed by atoms with E-state index in [-0.39, 0.29) is 6.03 Å². The summed E-state index contributed by atoms with van der Waals surface area (Å²) in [5, 5.41) is 13.8. The molecule has 4 aliphatic rings. The van der Waals surface area contributed by atoms with Crippen molar-refractivity contribution >= 4 is 18.5 Å². The van der Waals surface area contributed by atoms with Crippen molar-refractivity contribution in [1.82, 2.24) is 15.1 Å². The lowest BCUT2D eigenvalue weighted by molar-refractivity contribution is 0.0114. The van der Waals surface area contributed by atoms with Gasteiger partial charge in [-0.1, -0.05) is 25.0 Å². The lowest BCUT2D eigenvalue weighted by Crippen LogP contribution is -2.40. The quantitative estimate of drug-likeness (QED) is 0.404. The largest absolute Gasteiger partial charge is 0.378 e. The van der Waals surface area contributed by atoms with Crippen LogP contribution in [0.5, 0.6) is 0 Å². The number of aliphatic imine (C=N–C) groups is 2. The van der Waals surface area contributed by atoms with E-state index in [4.69, 9.17) is 0 Å². The van der Waals surface area contributed by atoms with Crippen LogP contribution < -0.4 is 5.32 Å². The van der Waals surface area contributed by atoms with Crippen LogP contribution in [0.3, 0.4) is 0 Å². The van der Waals surface area contributed by atoms with Gasteiger partial charge >= 0.3 is 6.03 Å². The number of hydrogen-bond donors (Lipinski definition) is 2. The first-order chi connectivity index (χ1) is 15.5. The highest BCUT2D eigenvalue weighted by atomic mass is 16.3. The second kappa shape index (κ2) is 10.3. The molecule has 4 rings (SSSR count). The third kappa shape index (κ3) is 5.49. The van der Waals surface area contributed by atoms with Gasteiger partial charge in [-0.3, -0.25) is 14.9 Å². The van der Waals surface area contributed by atoms with E-state index in [0.717, 1.165) is 71.2 Å². The van der Waals surface area contributed by atoms with E-state index in [0.29, 0.717) is 17.9 Å². The fraction of sp³-hybridized carbons (Fsp3) is 0.720. The fourth-order valence-electron chi connectivity index (χ4n) is 5.36. The molecule has 7 heteroatoms. The van der Waals surface area contributed by atoms with Gasteiger partial charge in [0.25, 0.3) is 0 Å². The highest BCUT2D eigenvalue weighted by molar-refractivity contribution is 5.85. The van der Waals surface area contributed by atoms with Crippen LogP contribution in [0.2, 0.25) is 0 Å². The van der Waals surface area contributed by atoms with Gasteiger partial charge in [-0.25, -0.2) is 4.79 Å². The molecule has 0 aromatic carbocycles. The third-order valence-corrected chi connectivity index (χ3v) is 7.97. The minimum atomic E-state index is -0.412. The maximum absolute atomic E-state index is 12.7. The molecule has 0 aromatic rings. The van der Waals surface area contributed by atoms with Crippen molar-refractivity contribution in [2.75, 3.05) is 46.3 Å². The van der Waals surface area contributed by atoms with Gasteiger partial charge in [-0.2, -0.15) is 0 Å². The van der Waals surface area contributed by atoms with Gasteiger partial charge in [0.05, 0.1) is 6.54 Å². The van der Waals surface area contributed by atoms with E-state index in [1.165, 1.54) is 23.1 Å². The van der Waals surface area contributed by atoms with Crippen molar-refractivity contribution in [3.05, 3.63) is 22.8 Å². The molecule has 0 aromatic heterocycles. The summed E-state index contributed by atoms with van der Waals surface area (Å²) in [5.41, 5.74) is 4.24. The van der Waals surface area contributed by atoms with Gasteiger partial charge in [-0.05, 0) is 61.6 Å². The number of nitrogens with zero attached hydrogens (tertiary/aromatic N) is 4. The molecule has 176 valence electrons. The summed E-state index contributed by atoms with van der Waals surface area (Å²) >= 11 is 0. The van der Waals surface area contributed by atoms with E-state index < -0.39 is 6.23 Å². The monoisotopic (exact) mass is 441 g/mol. The zero-order valence-corrected chi connectivity index (χ0v) is 19.7. The molecule has 7 nitrogen and oxygen atoms in total. The highest BCUT2D eigenvalue weighted by Crippen LogP contribution is 2.57. The predicted octanol–water partition coefficient (Wildman–Crippen LogP) is 3.02. The van der Waals surface area contributed by atoms with Crippen molar-refractivity contribution in [3.8, 4) is 0 Å². The van der Waals surface area contributed by atoms with Crippen molar-refractivity contribution in [1.29, 1.82) is 0 Å². The summed E-state index contributed by atoms with van der Waals surface area (Å²) in [5.74, 6) is 0.541. The Balaban J connectivity index is 1.15. The Morgan fingerprint density at radius 3 is 3.03 bits per heavy atom. The standard InChI is InChI=1S/C25H39N5O2/c1-3-25(9-12-29(2)23(31)7-6-19-5-4-10-26-14-19)13-22(25)16-28-24(32)30-17-20-8-11-27-15-21(20)18-30/h5,10,15,22-23,31H,3-4,6-9,11-14,16-18H2,1-2H3,(H,28,32). The second-order valence-corrected chi connectivity index (χ2v) is 9.94. The normalized spacial score (nSPS) is 27.6. The zero-order chi connectivity index (χ0) is 22.6. The van der Waals surface area contributed by atoms with Crippen molar-refractivity contribution < 1.29 is 9.90 Å². The summed E-state index contributed by atoms with van der Waals surface area (Å²) in [6, 6.07) is 0.0543. The van der Waals surface area contributed by atoms with E-state index in [2.05, 4.69) is 33.2 Å². The number of aliphatic hydroxyl groups is 1. The lowest BCUT2D eigenvalue weighted by Gasteiger charge is -2.26. The minimum absolute atomic E-state index is 0.0543. The molecule has 3 atom stereocenters. The first-order valence-corrected chi connectivity index (χ1v) is 12.3. The molecular formula is C25H39N5O2. The Kier molecular flexibility index (Phi) is 7.46. The van der Waals surface area contributed by atoms with E-state index in [9.17, 15) is 9.90 Å². The van der Waals surface area contributed by atoms with Crippen LogP contribution in [0.1, 0.15) is 51.9 Å². The number of dihydropyridines is 2. The molecule has 3 unspecified atom stereocenters. The summed E-state index contributed by atoms with van der Waals surface area (Å²) in [4.78, 5) is 25.3. The molecule has 0 radical (unpaired) electrons. The zero-order valence-electron chi connectivity index (χ0n) is 19.7. The maximum atomic E-state index is 12.7. The first kappa shape index (κ1) is 23.2. The van der Waals surface area contributed by atoms with E-state index in [1.54, 1.807) is 0 Å². The Morgan fingerprint density at radius 2 is 2.28 bits per heavy atom. The molecule has 2 N–H and O–H groups in total. The van der Waals surface area contributed by atoms with Crippen LogP contribution in [0.15, 0.2) is 32.8 Å². The van der Waals surface area contributed by atoms with Gasteiger partial charge in [0.15, 0.2) is 0 Å². The first-order valence-electron chi connectivity index (χ1n) is 12.3. The van der Waals surface area contributed by atoms with E-state index in [1.807, 2.05) is 24.4 Å². The molecule has 0 bridgehead atoms. The van der Waals surface area contributed by atoms with Crippen molar-refractivity contribution in [2.45, 2.75) is 58.1 Å². The van der Waals surface area contributed by atoms with Crippen LogP contribution >= 0.6 is 0 Å². The molecule has 0 saturated heterocycles. The number of carbonyl (C=O) groups excluding carboxylic acids is 1. The van der Waals surface area contributed by atoms with Crippen LogP contribution in [-0.2, 0) is 0 Å². The fourth-order valence-corrected chi connectivity index (χ4v) is 5.36. The maximum Gasteiger partial charge on any atom is 0.318 e. The number of rotatable bonds is 10. The van der Waals surface area contributed by atoms with Gasteiger partial charge in [-0.15, -0.1) is 0 Å². The van der Waals surface area contributed by atoms with Crippen LogP contribution in [-0.4, -0.2) is 85.9 Å². The summed E-state index contributed by atoms with van der Waals surface area (Å²) in [7, 11) is 2.02. The van der Waals surface area contributed by atoms with Crippen LogP contribution in [0.25, 0.3) is 0 Å². The molecule has 1 fully saturated rings. The number of hydrogen-bond acceptors (Lipinski definition) is 5. The average molecular weight is 442 g/mol. The molecule has 3 heterocycles. The minimum Gasteiger partial charge on any atom is -0.378 e. The molecule has 32 heavy (non-hydrogen) atoms. The van der Waals surface area contributed by atoms with Crippen LogP contribution in [0.4, 0.5) is 4.79 Å². The number of aliphatic hydroxyl groups excluding tert-OH is 1. The number of amides is 2. The lowest BCUT2D eigenvalue weighted by atomic mass is 9.95. The van der Waals surface area contributed by atoms with Gasteiger partial charge < -0.3 is 15.3 Å². The van der Waals surface area contributed by atoms with Crippen molar-refractivity contribution in [2.24, 2.45) is 21.3 Å². The molecule has 2 amide bonds. The topological polar surface area (TPSA) is 80.5 Å². The predicted molar refractivity (Wildman–Crippen MR) is 129 cm³/mol. The van der Waals surface area contributed by atoms with Gasteiger partial charge in [0, 0.05) is 51.6 Å². The Labute approximate surface area is 192 Å². The summed E-state index contributed by atoms with van der Waals surface area (Å²) < 4.78 is 0. The number of carbonyl (C=O) groups is 1. The number of allylic oxidation sites excluding steroid dienone is 1. The Hall–Kier alpha value is -1.99. The van der Waals surface area contributed by atoms with Crippen molar-refractivity contribution in [3.63, 3.8) is 0 Å². The molecule has 1 saturated carbocycles. The molecule has 1 aliphatic carbocycles. The average Bonchev–Trinajstić information content (AvgIpc) is 3.35. The Bertz CT molecular complexity index is 817. The van der Waals surface area contributed by atoms with Crippen LogP contribution in [0, 0.1) is 11.3 Å². The Morgan fingerprint density at radius 1 is 1.41 bits per heavy atom. The van der Waals surface area contributed by atoms with Gasteiger partial charge in [0.2, 0.25) is 0 Å². The summed E-state index contributed by atoms with van der Waals surface area (Å²) in [6.45, 7) is 6.98. The SMILES string of the molecule is CCC1(CCN(C)C(O)CCC2=CCC=NC2)CC1CNC(=O)N1CC2=C(CCN=C2)C1.